The van der Waals surface area contributed by atoms with Gasteiger partial charge in [-0.05, 0) is 89.4 Å². The summed E-state index contributed by atoms with van der Waals surface area (Å²) in [6, 6.07) is 57.2. The molecule has 0 aliphatic carbocycles. The van der Waals surface area contributed by atoms with Crippen molar-refractivity contribution in [2.24, 2.45) is 0 Å². The van der Waals surface area contributed by atoms with Crippen LogP contribution in [0.1, 0.15) is 38.3 Å². The van der Waals surface area contributed by atoms with Gasteiger partial charge in [0.2, 0.25) is 0 Å². The monoisotopic (exact) mass is 789 g/mol. The molecule has 5 rings (SSSR count). The SMILES string of the molecule is C=C/C=C\C=C/Cc1ccccc1-c1cccccccccccc(-c2ccc(NC)c(-c3ccccc3C)c2)ccccc1.C=C1OC/C=C\C=C/C/C1=C/C.CC. The van der Waals surface area contributed by atoms with E-state index in [0.717, 1.165) is 46.6 Å². The third kappa shape index (κ3) is 16.9. The first-order valence-electron chi connectivity index (χ1n) is 20.8. The van der Waals surface area contributed by atoms with Crippen LogP contribution in [0.3, 0.4) is 0 Å². The molecule has 4 aromatic rings. The second-order valence-electron chi connectivity index (χ2n) is 13.2. The summed E-state index contributed by atoms with van der Waals surface area (Å²) in [6.45, 7) is 16.4. The molecule has 306 valence electrons. The van der Waals surface area contributed by atoms with Crippen LogP contribution in [0.25, 0.3) is 33.4 Å². The van der Waals surface area contributed by atoms with Gasteiger partial charge in [-0.15, -0.1) is 0 Å². The molecular formula is C58H63NO. The Hall–Kier alpha value is -6.90. The van der Waals surface area contributed by atoms with Gasteiger partial charge in [0.05, 0.1) is 0 Å². The molecule has 0 unspecified atom stereocenters. The van der Waals surface area contributed by atoms with Crippen LogP contribution in [-0.2, 0) is 11.2 Å². The van der Waals surface area contributed by atoms with E-state index in [-0.39, 0.29) is 0 Å². The van der Waals surface area contributed by atoms with Crippen molar-refractivity contribution >= 4 is 5.69 Å². The zero-order valence-corrected chi connectivity index (χ0v) is 36.3. The van der Waals surface area contributed by atoms with E-state index in [1.165, 1.54) is 27.8 Å². The molecule has 0 atom stereocenters. The van der Waals surface area contributed by atoms with Crippen LogP contribution in [0.4, 0.5) is 5.69 Å². The number of rotatable bonds is 8. The van der Waals surface area contributed by atoms with Crippen LogP contribution in [0.5, 0.6) is 0 Å². The highest BCUT2D eigenvalue weighted by atomic mass is 16.5. The van der Waals surface area contributed by atoms with E-state index in [9.17, 15) is 0 Å². The van der Waals surface area contributed by atoms with Crippen LogP contribution < -0.4 is 5.32 Å². The Bertz CT molecular complexity index is 2300. The van der Waals surface area contributed by atoms with Gasteiger partial charge < -0.3 is 10.1 Å². The van der Waals surface area contributed by atoms with Crippen molar-refractivity contribution in [1.82, 2.24) is 0 Å². The molecule has 0 saturated heterocycles. The lowest BCUT2D eigenvalue weighted by molar-refractivity contribution is 0.257. The number of allylic oxidation sites excluding steroid dienone is 10. The quantitative estimate of drug-likeness (QED) is 0.180. The average Bonchev–Trinajstić information content (AvgIpc) is 3.38. The summed E-state index contributed by atoms with van der Waals surface area (Å²) in [5, 5.41) is 3.38. The van der Waals surface area contributed by atoms with Crippen LogP contribution >= 0.6 is 0 Å². The topological polar surface area (TPSA) is 21.3 Å². The summed E-state index contributed by atoms with van der Waals surface area (Å²) >= 11 is 0. The largest absolute Gasteiger partial charge is 0.490 e. The molecule has 1 aliphatic rings. The summed E-state index contributed by atoms with van der Waals surface area (Å²) in [7, 11) is 1.98. The Labute approximate surface area is 362 Å². The van der Waals surface area contributed by atoms with Gasteiger partial charge in [-0.2, -0.15) is 0 Å². The van der Waals surface area contributed by atoms with E-state index in [1.54, 1.807) is 6.08 Å². The number of nitrogens with one attached hydrogen (secondary N) is 1. The van der Waals surface area contributed by atoms with Crippen molar-refractivity contribution in [1.29, 1.82) is 0 Å². The summed E-state index contributed by atoms with van der Waals surface area (Å²) in [5.74, 6) is 0.786. The van der Waals surface area contributed by atoms with Crippen molar-refractivity contribution in [3.63, 3.8) is 0 Å². The number of hydrogen-bond donors (Lipinski definition) is 1. The fourth-order valence-corrected chi connectivity index (χ4v) is 6.11. The van der Waals surface area contributed by atoms with Gasteiger partial charge in [0.1, 0.15) is 12.4 Å². The van der Waals surface area contributed by atoms with E-state index in [1.807, 2.05) is 94.6 Å². The zero-order chi connectivity index (χ0) is 43.0. The molecule has 1 aliphatic heterocycles. The first kappa shape index (κ1) is 47.5. The van der Waals surface area contributed by atoms with E-state index in [4.69, 9.17) is 4.74 Å². The van der Waals surface area contributed by atoms with Gasteiger partial charge in [-0.3, -0.25) is 0 Å². The predicted molar refractivity (Wildman–Crippen MR) is 265 cm³/mol. The number of anilines is 1. The lowest BCUT2D eigenvalue weighted by atomic mass is 9.95. The fraction of sp³-hybridized carbons (Fsp3) is 0.138. The van der Waals surface area contributed by atoms with E-state index in [2.05, 4.69) is 177 Å². The lowest BCUT2D eigenvalue weighted by Crippen LogP contribution is -1.94. The highest BCUT2D eigenvalue weighted by molar-refractivity contribution is 5.84. The number of ether oxygens (including phenoxy) is 1. The highest BCUT2D eigenvalue weighted by Gasteiger charge is 2.09. The minimum atomic E-state index is 0.612. The van der Waals surface area contributed by atoms with Crippen molar-refractivity contribution in [2.75, 3.05) is 19.0 Å². The molecule has 0 bridgehead atoms. The smallest absolute Gasteiger partial charge is 0.115 e. The minimum Gasteiger partial charge on any atom is -0.490 e. The van der Waals surface area contributed by atoms with Crippen molar-refractivity contribution in [2.45, 2.75) is 40.5 Å². The normalized spacial score (nSPS) is 13.4. The van der Waals surface area contributed by atoms with Gasteiger partial charge in [0, 0.05) is 18.3 Å². The van der Waals surface area contributed by atoms with E-state index >= 15 is 0 Å². The molecule has 4 aromatic carbocycles. The molecule has 0 radical (unpaired) electrons. The van der Waals surface area contributed by atoms with Crippen LogP contribution in [0.2, 0.25) is 0 Å². The standard InChI is InChI=1S/C45H43N.C11H14O.C2H6/c1-4-5-6-12-17-28-40-31-22-24-33-43(40)39-29-18-14-11-9-7-8-10-13-16-26-38(27-19-15-20-30-39)41-34-35-45(46-3)44(36-41)42-32-23-21-25-37(42)2;1-3-11-8-6-4-5-7-9-12-10(11)2;1-2/h4-27,29-36,46H,1,28H2,2-3H3;3-7H,2,8-9H2,1H3;1-2H3/b6-5-,8-7?,9-7?,10-8?,11-9?,13-10?,14-11?,16-13?,17-12-,18-14?,19-15?,20-15?,26-16?,27-19?,29-18?,30-20?,38-26?,38-27?,39-29?,39-30?;6-4-,7-5-,11-3-;. The maximum absolute atomic E-state index is 5.38. The molecule has 2 heteroatoms. The summed E-state index contributed by atoms with van der Waals surface area (Å²) in [6.07, 6.45) is 21.9. The van der Waals surface area contributed by atoms with Gasteiger partial charge in [-0.25, -0.2) is 0 Å². The Morgan fingerprint density at radius 2 is 1.17 bits per heavy atom. The number of aryl methyl sites for hydroxylation is 1. The molecule has 0 fully saturated rings. The van der Waals surface area contributed by atoms with Crippen molar-refractivity contribution < 1.29 is 4.74 Å². The molecule has 0 saturated carbocycles. The molecule has 0 aromatic heterocycles. The Balaban J connectivity index is 0.000000584. The maximum Gasteiger partial charge on any atom is 0.115 e. The first-order chi connectivity index (χ1) is 29.5. The Morgan fingerprint density at radius 3 is 1.80 bits per heavy atom. The molecule has 2 nitrogen and oxygen atoms in total. The van der Waals surface area contributed by atoms with Gasteiger partial charge in [-0.1, -0.05) is 233 Å². The molecule has 60 heavy (non-hydrogen) atoms. The first-order valence-corrected chi connectivity index (χ1v) is 20.8. The summed E-state index contributed by atoms with van der Waals surface area (Å²) in [5.41, 5.74) is 11.8. The molecule has 1 heterocycles. The van der Waals surface area contributed by atoms with Crippen molar-refractivity contribution in [3.8, 4) is 33.4 Å². The van der Waals surface area contributed by atoms with Gasteiger partial charge in [0.25, 0.3) is 0 Å². The molecule has 0 amide bonds. The maximum atomic E-state index is 5.38. The van der Waals surface area contributed by atoms with E-state index in [0.29, 0.717) is 6.61 Å². The fourth-order valence-electron chi connectivity index (χ4n) is 6.11. The minimum absolute atomic E-state index is 0.612. The zero-order valence-electron chi connectivity index (χ0n) is 36.3. The van der Waals surface area contributed by atoms with Crippen LogP contribution in [0, 0.1) is 6.92 Å². The second-order valence-corrected chi connectivity index (χ2v) is 13.2. The van der Waals surface area contributed by atoms with Crippen molar-refractivity contribution in [3.05, 3.63) is 260 Å². The van der Waals surface area contributed by atoms with Gasteiger partial charge in [0.15, 0.2) is 0 Å². The lowest BCUT2D eigenvalue weighted by Gasteiger charge is -2.14. The van der Waals surface area contributed by atoms with Crippen LogP contribution in [-0.4, -0.2) is 13.7 Å². The average molecular weight is 790 g/mol. The molecular weight excluding hydrogens is 727 g/mol. The summed E-state index contributed by atoms with van der Waals surface area (Å²) < 4.78 is 5.38. The molecule has 1 N–H and O–H groups in total. The highest BCUT2D eigenvalue weighted by Crippen LogP contribution is 2.34. The van der Waals surface area contributed by atoms with E-state index < -0.39 is 0 Å². The third-order valence-electron chi connectivity index (χ3n) is 9.21. The van der Waals surface area contributed by atoms with Gasteiger partial charge >= 0.3 is 0 Å². The Morgan fingerprint density at radius 1 is 0.600 bits per heavy atom. The molecule has 0 spiro atoms. The number of hydrogen-bond acceptors (Lipinski definition) is 2. The number of benzene rings is 3. The second kappa shape index (κ2) is 29.3. The Kier molecular flexibility index (Phi) is 23.2. The third-order valence-corrected chi connectivity index (χ3v) is 9.21. The van der Waals surface area contributed by atoms with Crippen LogP contribution in [0.15, 0.2) is 249 Å². The predicted octanol–water partition coefficient (Wildman–Crippen LogP) is 16.3. The summed E-state index contributed by atoms with van der Waals surface area (Å²) in [4.78, 5) is 0.